The molecule has 0 aromatic carbocycles. The number of nitrogens with one attached hydrogen (secondary N) is 1. The van der Waals surface area contributed by atoms with Crippen molar-refractivity contribution in [3.63, 3.8) is 0 Å². The quantitative estimate of drug-likeness (QED) is 0.638. The summed E-state index contributed by atoms with van der Waals surface area (Å²) in [6.45, 7) is 4.00. The number of piperidine rings is 1. The van der Waals surface area contributed by atoms with E-state index in [9.17, 15) is 4.79 Å². The van der Waals surface area contributed by atoms with Crippen LogP contribution < -0.4 is 5.32 Å². The van der Waals surface area contributed by atoms with Crippen LogP contribution in [0.1, 0.15) is 19.8 Å². The molecule has 1 N–H and O–H groups in total. The molecule has 1 amide bonds. The highest BCUT2D eigenvalue weighted by Crippen LogP contribution is 1.99. The van der Waals surface area contributed by atoms with Gasteiger partial charge < -0.3 is 10.1 Å². The number of ether oxygens (including phenoxy) is 1. The van der Waals surface area contributed by atoms with Gasteiger partial charge in [-0.3, -0.25) is 0 Å². The van der Waals surface area contributed by atoms with Gasteiger partial charge in [0.15, 0.2) is 0 Å². The van der Waals surface area contributed by atoms with Gasteiger partial charge in [-0.1, -0.05) is 0 Å². The lowest BCUT2D eigenvalue weighted by Crippen LogP contribution is -2.28. The van der Waals surface area contributed by atoms with E-state index in [1.54, 1.807) is 6.92 Å². The van der Waals surface area contributed by atoms with Crippen LogP contribution in [-0.2, 0) is 4.74 Å². The van der Waals surface area contributed by atoms with Crippen molar-refractivity contribution >= 4 is 11.8 Å². The third-order valence-corrected chi connectivity index (χ3v) is 1.70. The van der Waals surface area contributed by atoms with Gasteiger partial charge in [0.25, 0.3) is 0 Å². The Hall–Kier alpha value is -0.900. The lowest BCUT2D eigenvalue weighted by molar-refractivity contribution is 0.163. The highest BCUT2D eigenvalue weighted by atomic mass is 16.5. The van der Waals surface area contributed by atoms with Crippen molar-refractivity contribution in [2.75, 3.05) is 19.7 Å². The Balaban J connectivity index is 2.37. The largest absolute Gasteiger partial charge is 0.448 e. The number of nitrogens with zero attached hydrogens (tertiary/aromatic N) is 1. The summed E-state index contributed by atoms with van der Waals surface area (Å²) in [4.78, 5) is 14.7. The fraction of sp³-hybridized carbons (Fsp3) is 0.750. The molecular formula is C8H14N2O2. The van der Waals surface area contributed by atoms with Crippen LogP contribution in [0.15, 0.2) is 4.99 Å². The standard InChI is InChI=1S/C8H14N2O2/c1-2-12-8(11)10-7-3-5-9-6-4-7/h9H,2-6H2,1H3. The van der Waals surface area contributed by atoms with E-state index < -0.39 is 6.09 Å². The zero-order valence-corrected chi connectivity index (χ0v) is 7.30. The Kier molecular flexibility index (Phi) is 3.73. The molecule has 1 aliphatic rings. The zero-order chi connectivity index (χ0) is 8.81. The fourth-order valence-corrected chi connectivity index (χ4v) is 1.11. The molecule has 12 heavy (non-hydrogen) atoms. The minimum atomic E-state index is -0.450. The average molecular weight is 170 g/mol. The van der Waals surface area contributed by atoms with Crippen LogP contribution >= 0.6 is 0 Å². The van der Waals surface area contributed by atoms with Crippen LogP contribution in [0.25, 0.3) is 0 Å². The first-order chi connectivity index (χ1) is 5.83. The van der Waals surface area contributed by atoms with Crippen molar-refractivity contribution in [1.29, 1.82) is 0 Å². The second-order valence-electron chi connectivity index (χ2n) is 2.63. The first kappa shape index (κ1) is 9.19. The molecule has 1 heterocycles. The molecule has 0 spiro atoms. The van der Waals surface area contributed by atoms with Crippen LogP contribution in [0, 0.1) is 0 Å². The van der Waals surface area contributed by atoms with Gasteiger partial charge in [-0.25, -0.2) is 4.79 Å². The molecule has 68 valence electrons. The van der Waals surface area contributed by atoms with E-state index in [0.717, 1.165) is 31.6 Å². The minimum absolute atomic E-state index is 0.397. The van der Waals surface area contributed by atoms with Crippen LogP contribution in [-0.4, -0.2) is 31.5 Å². The molecule has 0 radical (unpaired) electrons. The summed E-state index contributed by atoms with van der Waals surface area (Å²) < 4.78 is 4.70. The van der Waals surface area contributed by atoms with Crippen molar-refractivity contribution in [3.05, 3.63) is 0 Å². The van der Waals surface area contributed by atoms with Gasteiger partial charge in [0, 0.05) is 18.8 Å². The van der Waals surface area contributed by atoms with Gasteiger partial charge in [-0.15, -0.1) is 0 Å². The van der Waals surface area contributed by atoms with E-state index in [1.165, 1.54) is 0 Å². The van der Waals surface area contributed by atoms with Gasteiger partial charge in [0.2, 0.25) is 0 Å². The number of hydrogen-bond acceptors (Lipinski definition) is 3. The predicted octanol–water partition coefficient (Wildman–Crippen LogP) is 0.967. The normalized spacial score (nSPS) is 17.2. The van der Waals surface area contributed by atoms with Crippen LogP contribution in [0.4, 0.5) is 4.79 Å². The Morgan fingerprint density at radius 2 is 2.25 bits per heavy atom. The summed E-state index contributed by atoms with van der Waals surface area (Å²) >= 11 is 0. The van der Waals surface area contributed by atoms with E-state index in [4.69, 9.17) is 4.74 Å². The van der Waals surface area contributed by atoms with Gasteiger partial charge in [-0.05, 0) is 19.8 Å². The maximum atomic E-state index is 10.9. The van der Waals surface area contributed by atoms with E-state index in [-0.39, 0.29) is 0 Å². The molecule has 1 saturated heterocycles. The second-order valence-corrected chi connectivity index (χ2v) is 2.63. The summed E-state index contributed by atoms with van der Waals surface area (Å²) in [5, 5.41) is 3.19. The molecule has 0 aliphatic carbocycles. The Bertz CT molecular complexity index is 181. The molecule has 0 atom stereocenters. The Morgan fingerprint density at radius 1 is 1.58 bits per heavy atom. The van der Waals surface area contributed by atoms with E-state index in [0.29, 0.717) is 6.61 Å². The molecule has 0 saturated carbocycles. The van der Waals surface area contributed by atoms with Gasteiger partial charge in [0.1, 0.15) is 0 Å². The number of rotatable bonds is 1. The van der Waals surface area contributed by atoms with Crippen molar-refractivity contribution in [3.8, 4) is 0 Å². The Labute approximate surface area is 72.0 Å². The number of amides is 1. The molecule has 1 aliphatic heterocycles. The van der Waals surface area contributed by atoms with Crippen molar-refractivity contribution in [1.82, 2.24) is 5.32 Å². The summed E-state index contributed by atoms with van der Waals surface area (Å²) in [5.74, 6) is 0. The van der Waals surface area contributed by atoms with Gasteiger partial charge >= 0.3 is 6.09 Å². The van der Waals surface area contributed by atoms with Crippen LogP contribution in [0.3, 0.4) is 0 Å². The lowest BCUT2D eigenvalue weighted by atomic mass is 10.1. The highest BCUT2D eigenvalue weighted by Gasteiger charge is 2.08. The van der Waals surface area contributed by atoms with Crippen LogP contribution in [0.5, 0.6) is 0 Å². The second kappa shape index (κ2) is 4.87. The monoisotopic (exact) mass is 170 g/mol. The lowest BCUT2D eigenvalue weighted by Gasteiger charge is -2.13. The van der Waals surface area contributed by atoms with Gasteiger partial charge in [-0.2, -0.15) is 4.99 Å². The molecule has 4 nitrogen and oxygen atoms in total. The van der Waals surface area contributed by atoms with Crippen LogP contribution in [0.2, 0.25) is 0 Å². The molecule has 4 heteroatoms. The first-order valence-corrected chi connectivity index (χ1v) is 4.27. The smallest absolute Gasteiger partial charge is 0.433 e. The van der Waals surface area contributed by atoms with Crippen molar-refractivity contribution in [2.45, 2.75) is 19.8 Å². The summed E-state index contributed by atoms with van der Waals surface area (Å²) in [7, 11) is 0. The van der Waals surface area contributed by atoms with E-state index in [2.05, 4.69) is 10.3 Å². The molecule has 0 unspecified atom stereocenters. The van der Waals surface area contributed by atoms with E-state index in [1.807, 2.05) is 0 Å². The molecule has 0 bridgehead atoms. The fourth-order valence-electron chi connectivity index (χ4n) is 1.11. The topological polar surface area (TPSA) is 50.7 Å². The predicted molar refractivity (Wildman–Crippen MR) is 46.6 cm³/mol. The molecular weight excluding hydrogens is 156 g/mol. The zero-order valence-electron chi connectivity index (χ0n) is 7.30. The van der Waals surface area contributed by atoms with Gasteiger partial charge in [0.05, 0.1) is 6.61 Å². The maximum Gasteiger partial charge on any atom is 0.433 e. The first-order valence-electron chi connectivity index (χ1n) is 4.27. The van der Waals surface area contributed by atoms with Crippen molar-refractivity contribution < 1.29 is 9.53 Å². The number of carbonyl (C=O) groups is 1. The maximum absolute atomic E-state index is 10.9. The third kappa shape index (κ3) is 3.00. The summed E-state index contributed by atoms with van der Waals surface area (Å²) in [6, 6.07) is 0. The molecule has 1 rings (SSSR count). The number of hydrogen-bond donors (Lipinski definition) is 1. The summed E-state index contributed by atoms with van der Waals surface area (Å²) in [5.41, 5.74) is 0.951. The third-order valence-electron chi connectivity index (χ3n) is 1.70. The highest BCUT2D eigenvalue weighted by molar-refractivity contribution is 5.93. The molecule has 1 fully saturated rings. The van der Waals surface area contributed by atoms with Crippen molar-refractivity contribution in [2.24, 2.45) is 4.99 Å². The minimum Gasteiger partial charge on any atom is -0.448 e. The van der Waals surface area contributed by atoms with E-state index >= 15 is 0 Å². The molecule has 0 aromatic rings. The number of carbonyl (C=O) groups excluding carboxylic acids is 1. The summed E-state index contributed by atoms with van der Waals surface area (Å²) in [6.07, 6.45) is 1.27. The average Bonchev–Trinajstić information content (AvgIpc) is 2.06. The Morgan fingerprint density at radius 3 is 2.83 bits per heavy atom. The molecule has 0 aromatic heterocycles. The number of aliphatic imine (C=N–C) groups is 1. The SMILES string of the molecule is CCOC(=O)N=C1CCNCC1.